The van der Waals surface area contributed by atoms with Crippen LogP contribution < -0.4 is 11.1 Å². The molecular formula is C21H29ClN2O4S. The number of primary amides is 1. The molecule has 2 rings (SSSR count). The van der Waals surface area contributed by atoms with Gasteiger partial charge in [0.2, 0.25) is 5.91 Å². The van der Waals surface area contributed by atoms with Crippen LogP contribution in [0.5, 0.6) is 0 Å². The molecule has 1 saturated carbocycles. The number of amides is 1. The van der Waals surface area contributed by atoms with Crippen LogP contribution >= 0.6 is 23.8 Å². The minimum absolute atomic E-state index is 0.104. The van der Waals surface area contributed by atoms with E-state index in [1.165, 1.54) is 0 Å². The molecule has 0 saturated heterocycles. The second-order valence-electron chi connectivity index (χ2n) is 7.35. The van der Waals surface area contributed by atoms with Gasteiger partial charge in [-0.25, -0.2) is 0 Å². The fourth-order valence-corrected chi connectivity index (χ4v) is 3.90. The largest absolute Gasteiger partial charge is 0.471 e. The van der Waals surface area contributed by atoms with Crippen LogP contribution in [0.15, 0.2) is 36.4 Å². The third-order valence-corrected chi connectivity index (χ3v) is 5.62. The topological polar surface area (TPSA) is 105 Å². The highest BCUT2D eigenvalue weighted by atomic mass is 35.5. The monoisotopic (exact) mass is 440 g/mol. The van der Waals surface area contributed by atoms with Gasteiger partial charge in [0, 0.05) is 23.9 Å². The number of nitrogens with two attached hydrogens (primary N) is 1. The summed E-state index contributed by atoms with van der Waals surface area (Å²) in [4.78, 5) is 10.7. The van der Waals surface area contributed by atoms with Gasteiger partial charge in [-0.1, -0.05) is 35.9 Å². The number of carbonyl (C=O) groups is 1. The number of benzene rings is 1. The van der Waals surface area contributed by atoms with E-state index >= 15 is 0 Å². The summed E-state index contributed by atoms with van der Waals surface area (Å²) >= 11 is 11.2. The first-order valence-electron chi connectivity index (χ1n) is 9.81. The van der Waals surface area contributed by atoms with E-state index in [4.69, 9.17) is 34.3 Å². The minimum atomic E-state index is -0.631. The van der Waals surface area contributed by atoms with Gasteiger partial charge in [-0.15, -0.1) is 0 Å². The number of carbonyl (C=O) groups excluding carboxylic acids is 1. The zero-order valence-electron chi connectivity index (χ0n) is 16.3. The highest BCUT2D eigenvalue weighted by Gasteiger charge is 2.41. The Kier molecular flexibility index (Phi) is 9.87. The molecule has 6 nitrogen and oxygen atoms in total. The first kappa shape index (κ1) is 23.6. The van der Waals surface area contributed by atoms with E-state index < -0.39 is 12.2 Å². The van der Waals surface area contributed by atoms with E-state index in [9.17, 15) is 15.0 Å². The maximum Gasteiger partial charge on any atom is 0.256 e. The van der Waals surface area contributed by atoms with E-state index in [0.29, 0.717) is 37.3 Å². The van der Waals surface area contributed by atoms with Gasteiger partial charge < -0.3 is 26.0 Å². The van der Waals surface area contributed by atoms with Crippen LogP contribution in [-0.4, -0.2) is 40.1 Å². The van der Waals surface area contributed by atoms with Crippen LogP contribution in [0.4, 0.5) is 0 Å². The molecule has 1 aromatic carbocycles. The molecule has 1 aliphatic rings. The van der Waals surface area contributed by atoms with Crippen LogP contribution in [-0.2, 0) is 16.1 Å². The van der Waals surface area contributed by atoms with Crippen LogP contribution in [0.1, 0.15) is 37.7 Å². The summed E-state index contributed by atoms with van der Waals surface area (Å²) in [5, 5.41) is 24.5. The smallest absolute Gasteiger partial charge is 0.256 e. The van der Waals surface area contributed by atoms with Gasteiger partial charge in [0.25, 0.3) is 5.17 Å². The predicted molar refractivity (Wildman–Crippen MR) is 117 cm³/mol. The number of ether oxygens (including phenoxy) is 1. The molecule has 8 heteroatoms. The van der Waals surface area contributed by atoms with Gasteiger partial charge in [0.05, 0.1) is 18.8 Å². The van der Waals surface area contributed by atoms with Crippen LogP contribution in [0.25, 0.3) is 0 Å². The van der Waals surface area contributed by atoms with Crippen LogP contribution in [0.3, 0.4) is 0 Å². The predicted octanol–water partition coefficient (Wildman–Crippen LogP) is 2.69. The summed E-state index contributed by atoms with van der Waals surface area (Å²) in [6.07, 6.45) is 5.54. The van der Waals surface area contributed by atoms with E-state index in [1.54, 1.807) is 6.07 Å². The van der Waals surface area contributed by atoms with E-state index in [0.717, 1.165) is 12.0 Å². The normalized spacial score (nSPS) is 24.0. The Hall–Kier alpha value is -1.67. The number of nitrogens with one attached hydrogen (secondary N) is 1. The summed E-state index contributed by atoms with van der Waals surface area (Å²) in [6.45, 7) is 0.729. The molecular weight excluding hydrogens is 412 g/mol. The van der Waals surface area contributed by atoms with E-state index in [-0.39, 0.29) is 29.5 Å². The molecule has 0 bridgehead atoms. The zero-order chi connectivity index (χ0) is 21.2. The van der Waals surface area contributed by atoms with Crippen molar-refractivity contribution in [2.45, 2.75) is 50.9 Å². The van der Waals surface area contributed by atoms with Crippen molar-refractivity contribution in [3.8, 4) is 0 Å². The number of hydrogen-bond donors (Lipinski definition) is 4. The van der Waals surface area contributed by atoms with Crippen molar-refractivity contribution in [3.05, 3.63) is 47.0 Å². The molecule has 1 aliphatic carbocycles. The van der Waals surface area contributed by atoms with Gasteiger partial charge in [-0.3, -0.25) is 4.79 Å². The number of hydrogen-bond acceptors (Lipinski definition) is 5. The lowest BCUT2D eigenvalue weighted by Crippen LogP contribution is -2.31. The Morgan fingerprint density at radius 3 is 2.79 bits per heavy atom. The van der Waals surface area contributed by atoms with Crippen molar-refractivity contribution in [1.29, 1.82) is 0 Å². The lowest BCUT2D eigenvalue weighted by atomic mass is 9.91. The second-order valence-corrected chi connectivity index (χ2v) is 8.15. The zero-order valence-corrected chi connectivity index (χ0v) is 17.9. The third-order valence-electron chi connectivity index (χ3n) is 5.12. The number of rotatable bonds is 10. The molecule has 0 aliphatic heterocycles. The Balaban J connectivity index is 1.76. The van der Waals surface area contributed by atoms with Gasteiger partial charge in [0.15, 0.2) is 0 Å². The summed E-state index contributed by atoms with van der Waals surface area (Å²) in [7, 11) is 0. The Morgan fingerprint density at radius 1 is 1.31 bits per heavy atom. The molecule has 1 amide bonds. The third kappa shape index (κ3) is 8.30. The molecule has 29 heavy (non-hydrogen) atoms. The second kappa shape index (κ2) is 12.1. The standard InChI is InChI=1S/C21H29ClN2O4S/c22-15-7-5-6-14(10-15)12-24-21(29)28-13-17-16(18(25)11-19(17)26)8-3-1-2-4-9-20(23)27/h1,3,5-7,10,16-19,25-26H,2,4,8-9,11-13H2,(H2,23,27)(H,24,29)/b3-1-/t16-,17-,18+,19-/m1/s1. The number of aliphatic hydroxyl groups excluding tert-OH is 2. The number of halogens is 1. The minimum Gasteiger partial charge on any atom is -0.471 e. The number of thiocarbonyl (C=S) groups is 1. The highest BCUT2D eigenvalue weighted by molar-refractivity contribution is 7.80. The van der Waals surface area contributed by atoms with Crippen molar-refractivity contribution in [2.24, 2.45) is 17.6 Å². The van der Waals surface area contributed by atoms with Crippen LogP contribution in [0.2, 0.25) is 5.02 Å². The quantitative estimate of drug-likeness (QED) is 0.253. The molecule has 0 heterocycles. The summed E-state index contributed by atoms with van der Waals surface area (Å²) in [5.41, 5.74) is 6.10. The molecule has 0 unspecified atom stereocenters. The van der Waals surface area contributed by atoms with Crippen molar-refractivity contribution in [2.75, 3.05) is 6.61 Å². The SMILES string of the molecule is NC(=O)CCC/C=C\C[C@@H]1[C@@H](COC(=S)NCc2cccc(Cl)c2)[C@H](O)C[C@@H]1O. The van der Waals surface area contributed by atoms with Gasteiger partial charge >= 0.3 is 0 Å². The molecule has 4 atom stereocenters. The number of allylic oxidation sites excluding steroid dienone is 2. The van der Waals surface area contributed by atoms with E-state index in [1.807, 2.05) is 30.4 Å². The maximum atomic E-state index is 10.7. The van der Waals surface area contributed by atoms with Gasteiger partial charge in [-0.2, -0.15) is 0 Å². The molecule has 0 aromatic heterocycles. The lowest BCUT2D eigenvalue weighted by Gasteiger charge is -2.23. The summed E-state index contributed by atoms with van der Waals surface area (Å²) < 4.78 is 5.64. The maximum absolute atomic E-state index is 10.7. The molecule has 5 N–H and O–H groups in total. The summed E-state index contributed by atoms with van der Waals surface area (Å²) in [6, 6.07) is 7.45. The fraction of sp³-hybridized carbons (Fsp3) is 0.524. The Bertz CT molecular complexity index is 716. The highest BCUT2D eigenvalue weighted by Crippen LogP contribution is 2.35. The van der Waals surface area contributed by atoms with Crippen molar-refractivity contribution < 1.29 is 19.7 Å². The lowest BCUT2D eigenvalue weighted by molar-refractivity contribution is -0.118. The fourth-order valence-electron chi connectivity index (χ4n) is 3.54. The molecule has 1 fully saturated rings. The Labute approximate surface area is 182 Å². The first-order valence-corrected chi connectivity index (χ1v) is 10.6. The summed E-state index contributed by atoms with van der Waals surface area (Å²) in [5.74, 6) is -0.607. The van der Waals surface area contributed by atoms with Gasteiger partial charge in [0.1, 0.15) is 0 Å². The average Bonchev–Trinajstić information content (AvgIpc) is 2.93. The van der Waals surface area contributed by atoms with Gasteiger partial charge in [-0.05, 0) is 61.5 Å². The van der Waals surface area contributed by atoms with Crippen LogP contribution in [0, 0.1) is 11.8 Å². The Morgan fingerprint density at radius 2 is 2.07 bits per heavy atom. The number of aliphatic hydroxyl groups is 2. The number of unbranched alkanes of at least 4 members (excludes halogenated alkanes) is 1. The molecule has 160 valence electrons. The van der Waals surface area contributed by atoms with Crippen molar-refractivity contribution in [3.63, 3.8) is 0 Å². The average molecular weight is 441 g/mol. The molecule has 0 radical (unpaired) electrons. The van der Waals surface area contributed by atoms with E-state index in [2.05, 4.69) is 5.32 Å². The molecule has 1 aromatic rings. The first-order chi connectivity index (χ1) is 13.9. The van der Waals surface area contributed by atoms with Crippen molar-refractivity contribution >= 4 is 34.9 Å². The molecule has 0 spiro atoms. The van der Waals surface area contributed by atoms with Crippen molar-refractivity contribution in [1.82, 2.24) is 5.32 Å².